The normalized spacial score (nSPS) is 19.1. The van der Waals surface area contributed by atoms with Gasteiger partial charge in [-0.15, -0.1) is 11.8 Å². The van der Waals surface area contributed by atoms with Crippen molar-refractivity contribution in [1.82, 2.24) is 5.32 Å². The lowest BCUT2D eigenvalue weighted by atomic mass is 9.86. The number of carbonyl (C=O) groups is 1. The highest BCUT2D eigenvalue weighted by atomic mass is 35.5. The highest BCUT2D eigenvalue weighted by Crippen LogP contribution is 2.44. The van der Waals surface area contributed by atoms with E-state index in [1.54, 1.807) is 24.8 Å². The first-order valence-electron chi connectivity index (χ1n) is 6.17. The predicted octanol–water partition coefficient (Wildman–Crippen LogP) is 3.98. The average molecular weight is 310 g/mol. The van der Waals surface area contributed by atoms with Gasteiger partial charge < -0.3 is 10.4 Å². The van der Waals surface area contributed by atoms with Gasteiger partial charge in [0.1, 0.15) is 0 Å². The number of carboxylic acid groups (broad SMARTS) is 1. The summed E-state index contributed by atoms with van der Waals surface area (Å²) < 4.78 is 0. The van der Waals surface area contributed by atoms with Crippen molar-refractivity contribution < 1.29 is 9.90 Å². The Balaban J connectivity index is 2.67. The largest absolute Gasteiger partial charge is 0.478 e. The van der Waals surface area contributed by atoms with E-state index in [1.165, 1.54) is 0 Å². The molecular formula is C15H16ClNO2S. The molecule has 1 aromatic rings. The number of dihydropyridines is 1. The molecule has 5 heteroatoms. The molecule has 0 aromatic heterocycles. The van der Waals surface area contributed by atoms with E-state index in [2.05, 4.69) is 5.32 Å². The van der Waals surface area contributed by atoms with Crippen LogP contribution >= 0.6 is 23.4 Å². The van der Waals surface area contributed by atoms with E-state index in [-0.39, 0.29) is 5.92 Å². The molecule has 1 atom stereocenters. The van der Waals surface area contributed by atoms with E-state index in [0.29, 0.717) is 16.3 Å². The summed E-state index contributed by atoms with van der Waals surface area (Å²) in [6.45, 7) is 3.74. The average Bonchev–Trinajstić information content (AvgIpc) is 2.38. The summed E-state index contributed by atoms with van der Waals surface area (Å²) in [6.07, 6.45) is 1.95. The SMILES string of the molecule is CSC1=C(C)NC(C)=C(C(=O)O)C1c1ccccc1Cl. The second-order valence-electron chi connectivity index (χ2n) is 4.62. The van der Waals surface area contributed by atoms with Crippen LogP contribution in [-0.4, -0.2) is 17.3 Å². The summed E-state index contributed by atoms with van der Waals surface area (Å²) in [5.74, 6) is -1.24. The maximum absolute atomic E-state index is 11.7. The summed E-state index contributed by atoms with van der Waals surface area (Å²) in [5.41, 5.74) is 2.83. The maximum atomic E-state index is 11.7. The summed E-state index contributed by atoms with van der Waals surface area (Å²) in [7, 11) is 0. The Morgan fingerprint density at radius 3 is 2.50 bits per heavy atom. The Bertz CT molecular complexity index is 622. The van der Waals surface area contributed by atoms with Crippen LogP contribution in [0.25, 0.3) is 0 Å². The predicted molar refractivity (Wildman–Crippen MR) is 83.9 cm³/mol. The lowest BCUT2D eigenvalue weighted by Crippen LogP contribution is -2.27. The molecule has 0 saturated heterocycles. The molecule has 20 heavy (non-hydrogen) atoms. The fraction of sp³-hybridized carbons (Fsp3) is 0.267. The van der Waals surface area contributed by atoms with Crippen molar-refractivity contribution in [2.45, 2.75) is 19.8 Å². The smallest absolute Gasteiger partial charge is 0.334 e. The molecule has 3 nitrogen and oxygen atoms in total. The molecule has 106 valence electrons. The first-order chi connectivity index (χ1) is 9.47. The van der Waals surface area contributed by atoms with E-state index in [0.717, 1.165) is 16.2 Å². The van der Waals surface area contributed by atoms with Crippen LogP contribution in [0.4, 0.5) is 0 Å². The highest BCUT2D eigenvalue weighted by molar-refractivity contribution is 8.02. The molecule has 0 saturated carbocycles. The lowest BCUT2D eigenvalue weighted by molar-refractivity contribution is -0.133. The second kappa shape index (κ2) is 5.94. The van der Waals surface area contributed by atoms with Crippen molar-refractivity contribution in [3.8, 4) is 0 Å². The van der Waals surface area contributed by atoms with Crippen LogP contribution in [0, 0.1) is 0 Å². The van der Waals surface area contributed by atoms with E-state index in [9.17, 15) is 9.90 Å². The highest BCUT2D eigenvalue weighted by Gasteiger charge is 2.33. The molecule has 0 amide bonds. The number of hydrogen-bond acceptors (Lipinski definition) is 3. The molecule has 0 aliphatic carbocycles. The molecule has 1 heterocycles. The fourth-order valence-electron chi connectivity index (χ4n) is 2.54. The van der Waals surface area contributed by atoms with Crippen molar-refractivity contribution in [2.24, 2.45) is 0 Å². The number of hydrogen-bond donors (Lipinski definition) is 2. The minimum absolute atomic E-state index is 0.322. The van der Waals surface area contributed by atoms with Crippen LogP contribution in [0.3, 0.4) is 0 Å². The zero-order valence-electron chi connectivity index (χ0n) is 11.5. The number of allylic oxidation sites excluding steroid dienone is 3. The van der Waals surface area contributed by atoms with E-state index in [1.807, 2.05) is 31.4 Å². The zero-order valence-corrected chi connectivity index (χ0v) is 13.1. The van der Waals surface area contributed by atoms with E-state index >= 15 is 0 Å². The lowest BCUT2D eigenvalue weighted by Gasteiger charge is -2.30. The van der Waals surface area contributed by atoms with Gasteiger partial charge in [-0.25, -0.2) is 4.79 Å². The molecule has 1 aromatic carbocycles. The standard InChI is InChI=1S/C15H16ClNO2S/c1-8-12(15(18)19)13(14(20-3)9(2)17-8)10-6-4-5-7-11(10)16/h4-7,13,17H,1-3H3,(H,18,19). The van der Waals surface area contributed by atoms with Crippen LogP contribution < -0.4 is 5.32 Å². The molecular weight excluding hydrogens is 294 g/mol. The Hall–Kier alpha value is -1.39. The summed E-state index contributed by atoms with van der Waals surface area (Å²) >= 11 is 7.83. The number of rotatable bonds is 3. The first kappa shape index (κ1) is 15.0. The number of nitrogens with one attached hydrogen (secondary N) is 1. The van der Waals surface area contributed by atoms with E-state index in [4.69, 9.17) is 11.6 Å². The minimum atomic E-state index is -0.918. The molecule has 0 radical (unpaired) electrons. The molecule has 1 aliphatic rings. The molecule has 1 aliphatic heterocycles. The topological polar surface area (TPSA) is 49.3 Å². The third-order valence-electron chi connectivity index (χ3n) is 3.37. The van der Waals surface area contributed by atoms with Crippen LogP contribution in [-0.2, 0) is 4.79 Å². The molecule has 2 rings (SSSR count). The minimum Gasteiger partial charge on any atom is -0.478 e. The van der Waals surface area contributed by atoms with Crippen molar-refractivity contribution >= 4 is 29.3 Å². The van der Waals surface area contributed by atoms with Gasteiger partial charge in [0.15, 0.2) is 0 Å². The van der Waals surface area contributed by atoms with E-state index < -0.39 is 5.97 Å². The second-order valence-corrected chi connectivity index (χ2v) is 5.87. The van der Waals surface area contributed by atoms with Gasteiger partial charge in [0.2, 0.25) is 0 Å². The van der Waals surface area contributed by atoms with Crippen LogP contribution in [0.5, 0.6) is 0 Å². The zero-order chi connectivity index (χ0) is 14.9. The first-order valence-corrected chi connectivity index (χ1v) is 7.78. The third kappa shape index (κ3) is 2.58. The molecule has 0 spiro atoms. The van der Waals surface area contributed by atoms with Crippen LogP contribution in [0.15, 0.2) is 46.1 Å². The van der Waals surface area contributed by atoms with Gasteiger partial charge in [-0.3, -0.25) is 0 Å². The maximum Gasteiger partial charge on any atom is 0.334 e. The van der Waals surface area contributed by atoms with Gasteiger partial charge in [0.25, 0.3) is 0 Å². The number of aliphatic carboxylic acids is 1. The summed E-state index contributed by atoms with van der Waals surface area (Å²) in [6, 6.07) is 7.41. The van der Waals surface area contributed by atoms with Gasteiger partial charge in [-0.05, 0) is 31.7 Å². The van der Waals surface area contributed by atoms with Crippen molar-refractivity contribution in [3.05, 3.63) is 56.7 Å². The van der Waals surface area contributed by atoms with Gasteiger partial charge >= 0.3 is 5.97 Å². The monoisotopic (exact) mass is 309 g/mol. The van der Waals surface area contributed by atoms with Crippen molar-refractivity contribution in [3.63, 3.8) is 0 Å². The van der Waals surface area contributed by atoms with Gasteiger partial charge in [-0.2, -0.15) is 0 Å². The Morgan fingerprint density at radius 2 is 1.95 bits per heavy atom. The van der Waals surface area contributed by atoms with Gasteiger partial charge in [-0.1, -0.05) is 29.8 Å². The van der Waals surface area contributed by atoms with Crippen molar-refractivity contribution in [2.75, 3.05) is 6.26 Å². The van der Waals surface area contributed by atoms with Crippen LogP contribution in [0.1, 0.15) is 25.3 Å². The summed E-state index contributed by atoms with van der Waals surface area (Å²) in [5, 5.41) is 13.3. The Labute approximate surface area is 127 Å². The number of thioether (sulfide) groups is 1. The Morgan fingerprint density at radius 1 is 1.30 bits per heavy atom. The number of carboxylic acids is 1. The van der Waals surface area contributed by atoms with Gasteiger partial charge in [0, 0.05) is 21.3 Å². The van der Waals surface area contributed by atoms with Gasteiger partial charge in [0.05, 0.1) is 11.5 Å². The molecule has 2 N–H and O–H groups in total. The van der Waals surface area contributed by atoms with Crippen molar-refractivity contribution in [1.29, 1.82) is 0 Å². The molecule has 0 fully saturated rings. The Kier molecular flexibility index (Phi) is 4.45. The summed E-state index contributed by atoms with van der Waals surface area (Å²) in [4.78, 5) is 12.6. The quantitative estimate of drug-likeness (QED) is 0.886. The number of benzene rings is 1. The molecule has 0 bridgehead atoms. The van der Waals surface area contributed by atoms with Crippen LogP contribution in [0.2, 0.25) is 5.02 Å². The fourth-order valence-corrected chi connectivity index (χ4v) is 3.62. The third-order valence-corrected chi connectivity index (χ3v) is 4.69. The number of halogens is 1. The molecule has 1 unspecified atom stereocenters.